The zero-order valence-electron chi connectivity index (χ0n) is 7.38. The van der Waals surface area contributed by atoms with Crippen LogP contribution in [0.15, 0.2) is 24.3 Å². The van der Waals surface area contributed by atoms with Gasteiger partial charge in [0.25, 0.3) is 0 Å². The Kier molecular flexibility index (Phi) is 3.09. The molecule has 0 unspecified atom stereocenters. The first-order valence-corrected chi connectivity index (χ1v) is 4.02. The number of hydrogen-bond donors (Lipinski definition) is 0. The molecule has 0 saturated heterocycles. The van der Waals surface area contributed by atoms with E-state index < -0.39 is 6.86 Å². The molecule has 0 heterocycles. The van der Waals surface area contributed by atoms with Gasteiger partial charge in [-0.1, -0.05) is 26.0 Å². The Hall–Kier alpha value is -1.05. The van der Waals surface area contributed by atoms with E-state index in [9.17, 15) is 4.39 Å². The van der Waals surface area contributed by atoms with Crippen LogP contribution in [0.25, 0.3) is 0 Å². The minimum atomic E-state index is -0.762. The van der Waals surface area contributed by atoms with Gasteiger partial charge in [0.15, 0.2) is 0 Å². The number of halogens is 1. The Morgan fingerprint density at radius 3 is 2.75 bits per heavy atom. The highest BCUT2D eigenvalue weighted by Crippen LogP contribution is 2.19. The van der Waals surface area contributed by atoms with E-state index >= 15 is 0 Å². The molecule has 0 aromatic heterocycles. The van der Waals surface area contributed by atoms with E-state index in [2.05, 4.69) is 13.8 Å². The zero-order chi connectivity index (χ0) is 8.97. The van der Waals surface area contributed by atoms with Gasteiger partial charge in [-0.3, -0.25) is 0 Å². The monoisotopic (exact) mass is 168 g/mol. The van der Waals surface area contributed by atoms with Gasteiger partial charge in [-0.25, -0.2) is 4.39 Å². The fourth-order valence-corrected chi connectivity index (χ4v) is 1.03. The van der Waals surface area contributed by atoms with Gasteiger partial charge < -0.3 is 4.74 Å². The third-order valence-electron chi connectivity index (χ3n) is 1.75. The Bertz CT molecular complexity index is 245. The van der Waals surface area contributed by atoms with Crippen LogP contribution in [0.4, 0.5) is 4.39 Å². The lowest BCUT2D eigenvalue weighted by atomic mass is 10.0. The van der Waals surface area contributed by atoms with Crippen LogP contribution in [-0.2, 0) is 0 Å². The first kappa shape index (κ1) is 9.04. The largest absolute Gasteiger partial charge is 0.463 e. The molecule has 1 rings (SSSR count). The van der Waals surface area contributed by atoms with Gasteiger partial charge in [-0.15, -0.1) is 0 Å². The fraction of sp³-hybridized carbons (Fsp3) is 0.400. The molecular formula is C10H13FO. The average Bonchev–Trinajstić information content (AvgIpc) is 2.05. The maximum Gasteiger partial charge on any atom is 0.228 e. The summed E-state index contributed by atoms with van der Waals surface area (Å²) in [6.07, 6.45) is 0. The molecule has 66 valence electrons. The zero-order valence-corrected chi connectivity index (χ0v) is 7.38. The van der Waals surface area contributed by atoms with Crippen LogP contribution in [0.5, 0.6) is 5.75 Å². The Morgan fingerprint density at radius 1 is 1.42 bits per heavy atom. The van der Waals surface area contributed by atoms with Crippen molar-refractivity contribution in [3.8, 4) is 5.75 Å². The van der Waals surface area contributed by atoms with Gasteiger partial charge >= 0.3 is 0 Å². The third kappa shape index (κ3) is 2.22. The first-order valence-electron chi connectivity index (χ1n) is 4.02. The second-order valence-corrected chi connectivity index (χ2v) is 2.98. The minimum Gasteiger partial charge on any atom is -0.463 e. The predicted molar refractivity (Wildman–Crippen MR) is 47.1 cm³/mol. The highest BCUT2D eigenvalue weighted by molar-refractivity contribution is 5.30. The first-order chi connectivity index (χ1) is 5.74. The molecule has 0 saturated carbocycles. The smallest absolute Gasteiger partial charge is 0.228 e. The van der Waals surface area contributed by atoms with Crippen molar-refractivity contribution in [3.63, 3.8) is 0 Å². The normalized spacial score (nSPS) is 10.3. The van der Waals surface area contributed by atoms with Gasteiger partial charge in [0.05, 0.1) is 0 Å². The van der Waals surface area contributed by atoms with Crippen molar-refractivity contribution in [2.24, 2.45) is 0 Å². The average molecular weight is 168 g/mol. The van der Waals surface area contributed by atoms with Gasteiger partial charge in [-0.2, -0.15) is 0 Å². The van der Waals surface area contributed by atoms with Crippen molar-refractivity contribution in [2.75, 3.05) is 6.86 Å². The quantitative estimate of drug-likeness (QED) is 0.673. The Morgan fingerprint density at radius 2 is 2.17 bits per heavy atom. The van der Waals surface area contributed by atoms with Crippen molar-refractivity contribution in [3.05, 3.63) is 29.8 Å². The minimum absolute atomic E-state index is 0.452. The lowest BCUT2D eigenvalue weighted by Gasteiger charge is -2.07. The molecule has 0 aliphatic heterocycles. The van der Waals surface area contributed by atoms with Crippen molar-refractivity contribution < 1.29 is 9.13 Å². The predicted octanol–water partition coefficient (Wildman–Crippen LogP) is 3.12. The maximum atomic E-state index is 11.8. The lowest BCUT2D eigenvalue weighted by molar-refractivity contribution is 0.191. The topological polar surface area (TPSA) is 9.23 Å². The fourth-order valence-electron chi connectivity index (χ4n) is 1.03. The van der Waals surface area contributed by atoms with Gasteiger partial charge in [-0.05, 0) is 23.6 Å². The van der Waals surface area contributed by atoms with Gasteiger partial charge in [0, 0.05) is 0 Å². The van der Waals surface area contributed by atoms with Crippen molar-refractivity contribution in [1.29, 1.82) is 0 Å². The number of alkyl halides is 1. The summed E-state index contributed by atoms with van der Waals surface area (Å²) in [5, 5.41) is 0. The van der Waals surface area contributed by atoms with Crippen LogP contribution < -0.4 is 4.74 Å². The summed E-state index contributed by atoms with van der Waals surface area (Å²) < 4.78 is 16.5. The van der Waals surface area contributed by atoms with Crippen molar-refractivity contribution in [2.45, 2.75) is 19.8 Å². The summed E-state index contributed by atoms with van der Waals surface area (Å²) in [5.74, 6) is 1.05. The van der Waals surface area contributed by atoms with E-state index in [-0.39, 0.29) is 0 Å². The molecule has 0 fully saturated rings. The van der Waals surface area contributed by atoms with Crippen LogP contribution >= 0.6 is 0 Å². The van der Waals surface area contributed by atoms with E-state index in [1.165, 1.54) is 5.56 Å². The highest BCUT2D eigenvalue weighted by atomic mass is 19.1. The summed E-state index contributed by atoms with van der Waals surface area (Å²) in [6, 6.07) is 7.51. The third-order valence-corrected chi connectivity index (χ3v) is 1.75. The molecule has 1 aromatic rings. The second kappa shape index (κ2) is 4.10. The Balaban J connectivity index is 2.81. The number of rotatable bonds is 3. The lowest BCUT2D eigenvalue weighted by Crippen LogP contribution is -1.92. The molecule has 0 amide bonds. The number of hydrogen-bond acceptors (Lipinski definition) is 1. The van der Waals surface area contributed by atoms with Crippen LogP contribution in [-0.4, -0.2) is 6.86 Å². The van der Waals surface area contributed by atoms with Gasteiger partial charge in [0.1, 0.15) is 5.75 Å². The molecule has 0 aliphatic rings. The summed E-state index contributed by atoms with van der Waals surface area (Å²) in [6.45, 7) is 3.42. The molecule has 2 heteroatoms. The molecule has 0 N–H and O–H groups in total. The number of benzene rings is 1. The van der Waals surface area contributed by atoms with Crippen LogP contribution in [0.2, 0.25) is 0 Å². The molecule has 1 aromatic carbocycles. The molecule has 12 heavy (non-hydrogen) atoms. The SMILES string of the molecule is CC(C)c1cccc(OCF)c1. The summed E-state index contributed by atoms with van der Waals surface area (Å²) in [7, 11) is 0. The second-order valence-electron chi connectivity index (χ2n) is 2.98. The molecule has 0 radical (unpaired) electrons. The molecule has 0 bridgehead atoms. The van der Waals surface area contributed by atoms with Gasteiger partial charge in [0.2, 0.25) is 6.86 Å². The van der Waals surface area contributed by atoms with E-state index in [1.807, 2.05) is 18.2 Å². The van der Waals surface area contributed by atoms with E-state index in [1.54, 1.807) is 6.07 Å². The maximum absolute atomic E-state index is 11.8. The molecule has 1 nitrogen and oxygen atoms in total. The molecular weight excluding hydrogens is 155 g/mol. The van der Waals surface area contributed by atoms with E-state index in [0.717, 1.165) is 0 Å². The standard InChI is InChI=1S/C10H13FO/c1-8(2)9-4-3-5-10(6-9)12-7-11/h3-6,8H,7H2,1-2H3. The van der Waals surface area contributed by atoms with Crippen LogP contribution in [0.3, 0.4) is 0 Å². The van der Waals surface area contributed by atoms with Crippen LogP contribution in [0, 0.1) is 0 Å². The summed E-state index contributed by atoms with van der Waals surface area (Å²) in [5.41, 5.74) is 1.17. The summed E-state index contributed by atoms with van der Waals surface area (Å²) >= 11 is 0. The van der Waals surface area contributed by atoms with E-state index in [4.69, 9.17) is 4.74 Å². The molecule has 0 aliphatic carbocycles. The van der Waals surface area contributed by atoms with Crippen molar-refractivity contribution in [1.82, 2.24) is 0 Å². The van der Waals surface area contributed by atoms with Crippen molar-refractivity contribution >= 4 is 0 Å². The van der Waals surface area contributed by atoms with E-state index in [0.29, 0.717) is 11.7 Å². The molecule has 0 spiro atoms. The molecule has 0 atom stereocenters. The highest BCUT2D eigenvalue weighted by Gasteiger charge is 1.99. The Labute approximate surface area is 72.2 Å². The number of ether oxygens (including phenoxy) is 1. The van der Waals surface area contributed by atoms with Crippen LogP contribution in [0.1, 0.15) is 25.3 Å². The summed E-state index contributed by atoms with van der Waals surface area (Å²) in [4.78, 5) is 0.